The Hall–Kier alpha value is -1.10. The second-order valence-corrected chi connectivity index (χ2v) is 6.68. The molecule has 0 aromatic rings. The number of carbonyl (C=O) groups is 2. The number of amides is 1. The van der Waals surface area contributed by atoms with Crippen LogP contribution >= 0.6 is 0 Å². The second kappa shape index (κ2) is 7.62. The number of carbonyl (C=O) groups excluding carboxylic acids is 1. The lowest BCUT2D eigenvalue weighted by Crippen LogP contribution is -2.50. The van der Waals surface area contributed by atoms with E-state index in [1.807, 2.05) is 20.8 Å². The lowest BCUT2D eigenvalue weighted by Gasteiger charge is -2.34. The Morgan fingerprint density at radius 1 is 1.10 bits per heavy atom. The Bertz CT molecular complexity index is 329. The second-order valence-electron chi connectivity index (χ2n) is 6.68. The Balaban J connectivity index is 2.50. The molecule has 0 radical (unpaired) electrons. The summed E-state index contributed by atoms with van der Waals surface area (Å²) in [5.41, 5.74) is -0.334. The fraction of sp³-hybridized carbons (Fsp3) is 0.867. The molecule has 0 spiro atoms. The van der Waals surface area contributed by atoms with Gasteiger partial charge >= 0.3 is 5.97 Å². The molecular formula is C15H28N2O3. The first-order valence-electron chi connectivity index (χ1n) is 7.55. The molecular weight excluding hydrogens is 256 g/mol. The fourth-order valence-electron chi connectivity index (χ4n) is 2.56. The van der Waals surface area contributed by atoms with Gasteiger partial charge in [0.25, 0.3) is 0 Å². The molecule has 0 heterocycles. The van der Waals surface area contributed by atoms with Crippen molar-refractivity contribution in [3.63, 3.8) is 0 Å². The Labute approximate surface area is 121 Å². The molecule has 0 aromatic heterocycles. The van der Waals surface area contributed by atoms with Gasteiger partial charge in [0.2, 0.25) is 5.91 Å². The highest BCUT2D eigenvalue weighted by Gasteiger charge is 2.26. The van der Waals surface area contributed by atoms with Gasteiger partial charge in [-0.05, 0) is 33.6 Å². The molecule has 0 aliphatic heterocycles. The van der Waals surface area contributed by atoms with Gasteiger partial charge in [0.05, 0.1) is 13.1 Å². The largest absolute Gasteiger partial charge is 0.480 e. The third-order valence-electron chi connectivity index (χ3n) is 3.83. The number of rotatable bonds is 5. The van der Waals surface area contributed by atoms with Crippen molar-refractivity contribution in [2.45, 2.75) is 70.9 Å². The van der Waals surface area contributed by atoms with Crippen LogP contribution in [0.5, 0.6) is 0 Å². The van der Waals surface area contributed by atoms with Crippen LogP contribution in [0.3, 0.4) is 0 Å². The van der Waals surface area contributed by atoms with Gasteiger partial charge in [-0.3, -0.25) is 14.5 Å². The normalized spacial score (nSPS) is 17.8. The van der Waals surface area contributed by atoms with Crippen molar-refractivity contribution >= 4 is 11.9 Å². The van der Waals surface area contributed by atoms with E-state index in [4.69, 9.17) is 5.11 Å². The van der Waals surface area contributed by atoms with E-state index in [0.717, 1.165) is 12.8 Å². The van der Waals surface area contributed by atoms with Crippen molar-refractivity contribution in [1.82, 2.24) is 10.2 Å². The third kappa shape index (κ3) is 6.37. The van der Waals surface area contributed by atoms with E-state index >= 15 is 0 Å². The van der Waals surface area contributed by atoms with Crippen molar-refractivity contribution < 1.29 is 14.7 Å². The summed E-state index contributed by atoms with van der Waals surface area (Å²) in [5, 5.41) is 12.0. The highest BCUT2D eigenvalue weighted by Crippen LogP contribution is 2.17. The molecule has 1 saturated carbocycles. The third-order valence-corrected chi connectivity index (χ3v) is 3.83. The Morgan fingerprint density at radius 2 is 1.65 bits per heavy atom. The van der Waals surface area contributed by atoms with E-state index in [9.17, 15) is 9.59 Å². The van der Waals surface area contributed by atoms with Gasteiger partial charge in [0.15, 0.2) is 0 Å². The quantitative estimate of drug-likeness (QED) is 0.758. The van der Waals surface area contributed by atoms with Crippen LogP contribution < -0.4 is 5.32 Å². The smallest absolute Gasteiger partial charge is 0.317 e. The molecule has 1 rings (SSSR count). The molecule has 0 unspecified atom stereocenters. The SMILES string of the molecule is CC(C)(C)N(CC(=O)O)CC(=O)NC1CCCCCC1. The van der Waals surface area contributed by atoms with E-state index in [2.05, 4.69) is 5.32 Å². The summed E-state index contributed by atoms with van der Waals surface area (Å²) in [6.45, 7) is 5.81. The van der Waals surface area contributed by atoms with Crippen LogP contribution in [0, 0.1) is 0 Å². The number of aliphatic carboxylic acids is 1. The van der Waals surface area contributed by atoms with Gasteiger partial charge in [-0.1, -0.05) is 25.7 Å². The zero-order valence-corrected chi connectivity index (χ0v) is 12.9. The van der Waals surface area contributed by atoms with Gasteiger partial charge in [-0.2, -0.15) is 0 Å². The average molecular weight is 284 g/mol. The average Bonchev–Trinajstić information content (AvgIpc) is 2.54. The minimum absolute atomic E-state index is 0.0620. The summed E-state index contributed by atoms with van der Waals surface area (Å²) in [6.07, 6.45) is 6.92. The van der Waals surface area contributed by atoms with Gasteiger partial charge in [0.1, 0.15) is 0 Å². The van der Waals surface area contributed by atoms with Crippen LogP contribution in [-0.4, -0.2) is 46.6 Å². The van der Waals surface area contributed by atoms with Crippen LogP contribution in [0.15, 0.2) is 0 Å². The van der Waals surface area contributed by atoms with E-state index in [1.54, 1.807) is 4.90 Å². The first-order valence-corrected chi connectivity index (χ1v) is 7.55. The summed E-state index contributed by atoms with van der Waals surface area (Å²) in [7, 11) is 0. The molecule has 116 valence electrons. The first kappa shape index (κ1) is 17.0. The zero-order chi connectivity index (χ0) is 15.2. The summed E-state index contributed by atoms with van der Waals surface area (Å²) in [5.74, 6) is -0.963. The van der Waals surface area contributed by atoms with E-state index in [0.29, 0.717) is 0 Å². The minimum atomic E-state index is -0.901. The number of carboxylic acids is 1. The lowest BCUT2D eigenvalue weighted by atomic mass is 10.1. The van der Waals surface area contributed by atoms with Crippen LogP contribution in [-0.2, 0) is 9.59 Å². The van der Waals surface area contributed by atoms with E-state index in [1.165, 1.54) is 25.7 Å². The van der Waals surface area contributed by atoms with Gasteiger partial charge in [-0.15, -0.1) is 0 Å². The monoisotopic (exact) mass is 284 g/mol. The minimum Gasteiger partial charge on any atom is -0.480 e. The highest BCUT2D eigenvalue weighted by atomic mass is 16.4. The molecule has 1 aliphatic carbocycles. The van der Waals surface area contributed by atoms with Gasteiger partial charge in [-0.25, -0.2) is 0 Å². The molecule has 0 bridgehead atoms. The predicted octanol–water partition coefficient (Wildman–Crippen LogP) is 2.01. The first-order chi connectivity index (χ1) is 9.29. The molecule has 1 fully saturated rings. The maximum Gasteiger partial charge on any atom is 0.317 e. The highest BCUT2D eigenvalue weighted by molar-refractivity contribution is 5.79. The molecule has 2 N–H and O–H groups in total. The van der Waals surface area contributed by atoms with E-state index < -0.39 is 5.97 Å². The van der Waals surface area contributed by atoms with Crippen molar-refractivity contribution in [3.05, 3.63) is 0 Å². The van der Waals surface area contributed by atoms with Crippen molar-refractivity contribution in [3.8, 4) is 0 Å². The molecule has 1 amide bonds. The van der Waals surface area contributed by atoms with Crippen LogP contribution in [0.1, 0.15) is 59.3 Å². The number of nitrogens with zero attached hydrogens (tertiary/aromatic N) is 1. The fourth-order valence-corrected chi connectivity index (χ4v) is 2.56. The zero-order valence-electron chi connectivity index (χ0n) is 12.9. The molecule has 5 heteroatoms. The lowest BCUT2D eigenvalue weighted by molar-refractivity contribution is -0.140. The summed E-state index contributed by atoms with van der Waals surface area (Å²) < 4.78 is 0. The molecule has 1 aliphatic rings. The topological polar surface area (TPSA) is 69.6 Å². The van der Waals surface area contributed by atoms with Crippen LogP contribution in [0.2, 0.25) is 0 Å². The van der Waals surface area contributed by atoms with E-state index in [-0.39, 0.29) is 30.6 Å². The molecule has 5 nitrogen and oxygen atoms in total. The summed E-state index contributed by atoms with van der Waals surface area (Å²) in [4.78, 5) is 24.7. The standard InChI is InChI=1S/C15H28N2O3/c1-15(2,3)17(11-14(19)20)10-13(18)16-12-8-6-4-5-7-9-12/h12H,4-11H2,1-3H3,(H,16,18)(H,19,20). The molecule has 0 saturated heterocycles. The number of carboxylic acid groups (broad SMARTS) is 1. The van der Waals surface area contributed by atoms with Crippen molar-refractivity contribution in [1.29, 1.82) is 0 Å². The maximum absolute atomic E-state index is 12.1. The van der Waals surface area contributed by atoms with Gasteiger partial charge < -0.3 is 10.4 Å². The number of hydrogen-bond acceptors (Lipinski definition) is 3. The summed E-state index contributed by atoms with van der Waals surface area (Å²) in [6, 6.07) is 0.261. The molecule has 0 aromatic carbocycles. The number of hydrogen-bond donors (Lipinski definition) is 2. The Kier molecular flexibility index (Phi) is 6.46. The van der Waals surface area contributed by atoms with Crippen LogP contribution in [0.25, 0.3) is 0 Å². The van der Waals surface area contributed by atoms with Crippen molar-refractivity contribution in [2.24, 2.45) is 0 Å². The Morgan fingerprint density at radius 3 is 2.10 bits per heavy atom. The molecule has 20 heavy (non-hydrogen) atoms. The molecule has 0 atom stereocenters. The number of nitrogens with one attached hydrogen (secondary N) is 1. The predicted molar refractivity (Wildman–Crippen MR) is 78.6 cm³/mol. The maximum atomic E-state index is 12.1. The van der Waals surface area contributed by atoms with Crippen molar-refractivity contribution in [2.75, 3.05) is 13.1 Å². The summed E-state index contributed by atoms with van der Waals surface area (Å²) >= 11 is 0. The van der Waals surface area contributed by atoms with Gasteiger partial charge in [0, 0.05) is 11.6 Å². The van der Waals surface area contributed by atoms with Crippen LogP contribution in [0.4, 0.5) is 0 Å².